The average Bonchev–Trinajstić information content (AvgIpc) is 2.63. The first-order valence-corrected chi connectivity index (χ1v) is 6.70. The summed E-state index contributed by atoms with van der Waals surface area (Å²) < 4.78 is 0. The van der Waals surface area contributed by atoms with Gasteiger partial charge in [-0.2, -0.15) is 11.3 Å². The molecule has 0 saturated heterocycles. The number of phenolic OH excluding ortho intramolecular Hbond substituents is 1. The first-order chi connectivity index (χ1) is 7.89. The van der Waals surface area contributed by atoms with Crippen molar-refractivity contribution in [1.29, 1.82) is 0 Å². The minimum atomic E-state index is -0.0377. The number of hydrogen-bond donors (Lipinski definition) is 1. The normalized spacial score (nSPS) is 11.8. The molecule has 0 aliphatic rings. The molecule has 17 heavy (non-hydrogen) atoms. The van der Waals surface area contributed by atoms with E-state index in [1.165, 1.54) is 16.7 Å². The van der Waals surface area contributed by atoms with Crippen LogP contribution in [0.5, 0.6) is 5.75 Å². The fraction of sp³-hybridized carbons (Fsp3) is 0.333. The van der Waals surface area contributed by atoms with Crippen LogP contribution in [0, 0.1) is 6.92 Å². The van der Waals surface area contributed by atoms with Crippen LogP contribution in [0.3, 0.4) is 0 Å². The Morgan fingerprint density at radius 1 is 1.12 bits per heavy atom. The van der Waals surface area contributed by atoms with Crippen molar-refractivity contribution in [3.8, 4) is 16.9 Å². The maximum Gasteiger partial charge on any atom is 0.119 e. The van der Waals surface area contributed by atoms with E-state index in [2.05, 4.69) is 44.5 Å². The Labute approximate surface area is 107 Å². The average molecular weight is 246 g/mol. The summed E-state index contributed by atoms with van der Waals surface area (Å²) in [5, 5.41) is 14.3. The molecule has 1 nitrogen and oxygen atoms in total. The molecule has 2 heteroatoms. The van der Waals surface area contributed by atoms with Crippen molar-refractivity contribution in [2.75, 3.05) is 0 Å². The summed E-state index contributed by atoms with van der Waals surface area (Å²) in [6.07, 6.45) is 0. The van der Waals surface area contributed by atoms with Crippen molar-refractivity contribution in [3.05, 3.63) is 40.1 Å². The standard InChI is InChI=1S/C15H18OS/c1-10-8-17-9-12(10)11-5-6-14(16)13(7-11)15(2,3)4/h5-9,16H,1-4H3. The van der Waals surface area contributed by atoms with Crippen molar-refractivity contribution in [1.82, 2.24) is 0 Å². The van der Waals surface area contributed by atoms with E-state index in [0.29, 0.717) is 5.75 Å². The zero-order valence-corrected chi connectivity index (χ0v) is 11.6. The van der Waals surface area contributed by atoms with Gasteiger partial charge in [-0.1, -0.05) is 26.8 Å². The smallest absolute Gasteiger partial charge is 0.119 e. The van der Waals surface area contributed by atoms with Crippen LogP contribution in [0.25, 0.3) is 11.1 Å². The van der Waals surface area contributed by atoms with E-state index >= 15 is 0 Å². The molecule has 0 radical (unpaired) electrons. The SMILES string of the molecule is Cc1cscc1-c1ccc(O)c(C(C)(C)C)c1. The molecular formula is C15H18OS. The Morgan fingerprint density at radius 2 is 1.82 bits per heavy atom. The Hall–Kier alpha value is -1.28. The molecule has 2 rings (SSSR count). The van der Waals surface area contributed by atoms with Crippen molar-refractivity contribution < 1.29 is 5.11 Å². The van der Waals surface area contributed by atoms with Crippen LogP contribution in [-0.4, -0.2) is 5.11 Å². The molecule has 0 aliphatic heterocycles. The molecule has 0 aliphatic carbocycles. The molecule has 0 fully saturated rings. The van der Waals surface area contributed by atoms with Crippen LogP contribution >= 0.6 is 11.3 Å². The van der Waals surface area contributed by atoms with Gasteiger partial charge in [0.05, 0.1) is 0 Å². The largest absolute Gasteiger partial charge is 0.508 e. The quantitative estimate of drug-likeness (QED) is 0.771. The van der Waals surface area contributed by atoms with Gasteiger partial charge in [-0.3, -0.25) is 0 Å². The third kappa shape index (κ3) is 2.37. The van der Waals surface area contributed by atoms with Gasteiger partial charge in [-0.25, -0.2) is 0 Å². The Kier molecular flexibility index (Phi) is 3.00. The second-order valence-corrected chi connectivity index (χ2v) is 6.19. The fourth-order valence-electron chi connectivity index (χ4n) is 1.96. The number of aromatic hydroxyl groups is 1. The first kappa shape index (κ1) is 12.2. The number of aryl methyl sites for hydroxylation is 1. The van der Waals surface area contributed by atoms with Crippen LogP contribution in [0.4, 0.5) is 0 Å². The summed E-state index contributed by atoms with van der Waals surface area (Å²) in [6, 6.07) is 5.89. The lowest BCUT2D eigenvalue weighted by Crippen LogP contribution is -2.11. The lowest BCUT2D eigenvalue weighted by Gasteiger charge is -2.21. The van der Waals surface area contributed by atoms with Crippen molar-refractivity contribution >= 4 is 11.3 Å². The fourth-order valence-corrected chi connectivity index (χ4v) is 2.82. The van der Waals surface area contributed by atoms with Crippen LogP contribution < -0.4 is 0 Å². The van der Waals surface area contributed by atoms with Gasteiger partial charge in [0.15, 0.2) is 0 Å². The maximum absolute atomic E-state index is 9.94. The summed E-state index contributed by atoms with van der Waals surface area (Å²) >= 11 is 1.72. The van der Waals surface area contributed by atoms with Crippen molar-refractivity contribution in [3.63, 3.8) is 0 Å². The van der Waals surface area contributed by atoms with E-state index in [9.17, 15) is 5.11 Å². The Morgan fingerprint density at radius 3 is 2.35 bits per heavy atom. The molecule has 0 bridgehead atoms. The molecule has 1 heterocycles. The number of hydrogen-bond acceptors (Lipinski definition) is 2. The molecule has 1 aromatic heterocycles. The Bertz CT molecular complexity index is 532. The second-order valence-electron chi connectivity index (χ2n) is 5.45. The maximum atomic E-state index is 9.94. The van der Waals surface area contributed by atoms with Gasteiger partial charge in [0.25, 0.3) is 0 Å². The molecule has 0 saturated carbocycles. The summed E-state index contributed by atoms with van der Waals surface area (Å²) in [7, 11) is 0. The third-order valence-corrected chi connectivity index (χ3v) is 3.83. The number of benzene rings is 1. The highest BCUT2D eigenvalue weighted by Crippen LogP contribution is 2.35. The van der Waals surface area contributed by atoms with Crippen LogP contribution in [0.1, 0.15) is 31.9 Å². The highest BCUT2D eigenvalue weighted by molar-refractivity contribution is 7.08. The summed E-state index contributed by atoms with van der Waals surface area (Å²) in [6.45, 7) is 8.47. The Balaban J connectivity index is 2.56. The molecular weight excluding hydrogens is 228 g/mol. The molecule has 0 amide bonds. The molecule has 2 aromatic rings. The molecule has 1 aromatic carbocycles. The van der Waals surface area contributed by atoms with Gasteiger partial charge in [0, 0.05) is 0 Å². The highest BCUT2D eigenvalue weighted by atomic mass is 32.1. The molecule has 0 spiro atoms. The van der Waals surface area contributed by atoms with Crippen LogP contribution in [0.15, 0.2) is 29.0 Å². The van der Waals surface area contributed by atoms with Crippen molar-refractivity contribution in [2.45, 2.75) is 33.1 Å². The number of phenols is 1. The molecule has 90 valence electrons. The third-order valence-electron chi connectivity index (χ3n) is 2.97. The summed E-state index contributed by atoms with van der Waals surface area (Å²) in [5.74, 6) is 0.383. The van der Waals surface area contributed by atoms with E-state index in [1.807, 2.05) is 6.07 Å². The first-order valence-electron chi connectivity index (χ1n) is 5.76. The zero-order chi connectivity index (χ0) is 12.6. The molecule has 1 N–H and O–H groups in total. The van der Waals surface area contributed by atoms with E-state index < -0.39 is 0 Å². The van der Waals surface area contributed by atoms with Crippen LogP contribution in [-0.2, 0) is 5.41 Å². The predicted octanol–water partition coefficient (Wildman–Crippen LogP) is 4.73. The van der Waals surface area contributed by atoms with E-state index in [0.717, 1.165) is 5.56 Å². The molecule has 0 unspecified atom stereocenters. The lowest BCUT2D eigenvalue weighted by atomic mass is 9.84. The zero-order valence-electron chi connectivity index (χ0n) is 10.7. The van der Waals surface area contributed by atoms with Gasteiger partial charge in [0.1, 0.15) is 5.75 Å². The summed E-state index contributed by atoms with van der Waals surface area (Å²) in [5.41, 5.74) is 4.71. The molecule has 0 atom stereocenters. The minimum Gasteiger partial charge on any atom is -0.508 e. The number of rotatable bonds is 1. The van der Waals surface area contributed by atoms with Gasteiger partial charge < -0.3 is 5.11 Å². The van der Waals surface area contributed by atoms with Crippen LogP contribution in [0.2, 0.25) is 0 Å². The monoisotopic (exact) mass is 246 g/mol. The highest BCUT2D eigenvalue weighted by Gasteiger charge is 2.19. The van der Waals surface area contributed by atoms with Gasteiger partial charge >= 0.3 is 0 Å². The predicted molar refractivity (Wildman–Crippen MR) is 74.9 cm³/mol. The summed E-state index contributed by atoms with van der Waals surface area (Å²) in [4.78, 5) is 0. The van der Waals surface area contributed by atoms with E-state index in [-0.39, 0.29) is 5.41 Å². The van der Waals surface area contributed by atoms with Crippen molar-refractivity contribution in [2.24, 2.45) is 0 Å². The van der Waals surface area contributed by atoms with Gasteiger partial charge in [-0.15, -0.1) is 0 Å². The number of thiophene rings is 1. The second kappa shape index (κ2) is 4.19. The lowest BCUT2D eigenvalue weighted by molar-refractivity contribution is 0.447. The van der Waals surface area contributed by atoms with E-state index in [1.54, 1.807) is 17.4 Å². The van der Waals surface area contributed by atoms with Gasteiger partial charge in [0.2, 0.25) is 0 Å². The van der Waals surface area contributed by atoms with Gasteiger partial charge in [-0.05, 0) is 57.5 Å². The topological polar surface area (TPSA) is 20.2 Å². The van der Waals surface area contributed by atoms with E-state index in [4.69, 9.17) is 0 Å². The minimum absolute atomic E-state index is 0.0377.